The Morgan fingerprint density at radius 2 is 2.19 bits per heavy atom. The second-order valence-corrected chi connectivity index (χ2v) is 7.13. The van der Waals surface area contributed by atoms with Gasteiger partial charge in [0.25, 0.3) is 0 Å². The summed E-state index contributed by atoms with van der Waals surface area (Å²) in [6, 6.07) is 0.702. The highest BCUT2D eigenvalue weighted by molar-refractivity contribution is 7.99. The summed E-state index contributed by atoms with van der Waals surface area (Å²) >= 11 is 1.96. The Bertz CT molecular complexity index is 468. The van der Waals surface area contributed by atoms with Crippen molar-refractivity contribution < 1.29 is 4.52 Å². The molecular weight excluding hydrogens is 286 g/mol. The van der Waals surface area contributed by atoms with Gasteiger partial charge in [-0.05, 0) is 20.6 Å². The maximum absolute atomic E-state index is 5.60. The van der Waals surface area contributed by atoms with E-state index in [1.54, 1.807) is 0 Å². The topological polar surface area (TPSA) is 57.4 Å². The lowest BCUT2D eigenvalue weighted by atomic mass is 10.0. The van der Waals surface area contributed by atoms with Gasteiger partial charge in [0.2, 0.25) is 5.89 Å². The Labute approximate surface area is 130 Å². The van der Waals surface area contributed by atoms with Gasteiger partial charge < -0.3 is 14.7 Å². The number of rotatable bonds is 4. The van der Waals surface area contributed by atoms with Crippen LogP contribution in [-0.2, 0) is 0 Å². The van der Waals surface area contributed by atoms with Crippen molar-refractivity contribution >= 4 is 11.8 Å². The van der Waals surface area contributed by atoms with Gasteiger partial charge in [-0.2, -0.15) is 16.7 Å². The van der Waals surface area contributed by atoms with Crippen LogP contribution in [0.5, 0.6) is 0 Å². The summed E-state index contributed by atoms with van der Waals surface area (Å²) in [4.78, 5) is 9.38. The zero-order valence-corrected chi connectivity index (χ0v) is 13.9. The van der Waals surface area contributed by atoms with Crippen molar-refractivity contribution in [2.24, 2.45) is 0 Å². The average molecular weight is 311 g/mol. The van der Waals surface area contributed by atoms with E-state index in [9.17, 15) is 0 Å². The van der Waals surface area contributed by atoms with E-state index in [0.717, 1.165) is 49.4 Å². The Morgan fingerprint density at radius 1 is 1.33 bits per heavy atom. The maximum atomic E-state index is 5.60. The summed E-state index contributed by atoms with van der Waals surface area (Å²) in [7, 11) is 4.29. The lowest BCUT2D eigenvalue weighted by molar-refractivity contribution is 0.108. The van der Waals surface area contributed by atoms with E-state index < -0.39 is 0 Å². The molecule has 2 saturated heterocycles. The Hall–Kier alpha value is -0.630. The first-order valence-corrected chi connectivity index (χ1v) is 8.88. The van der Waals surface area contributed by atoms with Gasteiger partial charge >= 0.3 is 0 Å². The van der Waals surface area contributed by atoms with Gasteiger partial charge in [0, 0.05) is 37.2 Å². The highest BCUT2D eigenvalue weighted by Crippen LogP contribution is 2.33. The van der Waals surface area contributed by atoms with Gasteiger partial charge in [0.05, 0.1) is 12.0 Å². The third-order valence-corrected chi connectivity index (χ3v) is 5.66. The fourth-order valence-electron chi connectivity index (χ4n) is 3.08. The van der Waals surface area contributed by atoms with Gasteiger partial charge in [0.15, 0.2) is 5.82 Å². The van der Waals surface area contributed by atoms with Crippen molar-refractivity contribution in [2.75, 3.05) is 51.8 Å². The molecule has 0 aromatic carbocycles. The van der Waals surface area contributed by atoms with Crippen molar-refractivity contribution in [3.63, 3.8) is 0 Å². The predicted molar refractivity (Wildman–Crippen MR) is 84.7 cm³/mol. The van der Waals surface area contributed by atoms with Crippen LogP contribution in [-0.4, -0.2) is 77.8 Å². The molecule has 0 amide bonds. The minimum absolute atomic E-state index is 0.243. The number of nitrogens with one attached hydrogen (secondary N) is 1. The molecule has 1 N–H and O–H groups in total. The molecule has 6 nitrogen and oxygen atoms in total. The summed E-state index contributed by atoms with van der Waals surface area (Å²) in [6.45, 7) is 6.24. The van der Waals surface area contributed by atoms with Crippen molar-refractivity contribution in [1.29, 1.82) is 0 Å². The monoisotopic (exact) mass is 311 g/mol. The molecule has 0 saturated carbocycles. The highest BCUT2D eigenvalue weighted by Gasteiger charge is 2.35. The van der Waals surface area contributed by atoms with Crippen LogP contribution in [0.15, 0.2) is 4.52 Å². The molecule has 118 valence electrons. The Balaban J connectivity index is 1.73. The van der Waals surface area contributed by atoms with Crippen LogP contribution < -0.4 is 5.32 Å². The smallest absolute Gasteiger partial charge is 0.232 e. The largest absolute Gasteiger partial charge is 0.339 e. The maximum Gasteiger partial charge on any atom is 0.232 e. The van der Waals surface area contributed by atoms with E-state index in [1.807, 2.05) is 11.8 Å². The summed E-state index contributed by atoms with van der Waals surface area (Å²) in [5, 5.41) is 7.80. The second-order valence-electron chi connectivity index (χ2n) is 6.06. The van der Waals surface area contributed by atoms with E-state index >= 15 is 0 Å². The molecule has 1 aromatic heterocycles. The first-order chi connectivity index (χ1) is 10.2. The number of thioether (sulfide) groups is 1. The average Bonchev–Trinajstić information content (AvgIpc) is 3.10. The van der Waals surface area contributed by atoms with E-state index in [-0.39, 0.29) is 6.04 Å². The van der Waals surface area contributed by atoms with E-state index in [1.165, 1.54) is 0 Å². The quantitative estimate of drug-likeness (QED) is 0.882. The number of likely N-dealkylation sites (N-methyl/N-ethyl adjacent to an activating group) is 3. The highest BCUT2D eigenvalue weighted by atomic mass is 32.2. The van der Waals surface area contributed by atoms with E-state index in [2.05, 4.69) is 41.3 Å². The molecule has 7 heteroatoms. The lowest BCUT2D eigenvalue weighted by Crippen LogP contribution is -2.45. The second kappa shape index (κ2) is 6.64. The van der Waals surface area contributed by atoms with Crippen LogP contribution in [0.2, 0.25) is 0 Å². The summed E-state index contributed by atoms with van der Waals surface area (Å²) in [5.74, 6) is 4.19. The number of nitrogens with zero attached hydrogens (tertiary/aromatic N) is 4. The lowest BCUT2D eigenvalue weighted by Gasteiger charge is -2.35. The number of hydrogen-bond donors (Lipinski definition) is 1. The molecule has 2 aliphatic heterocycles. The van der Waals surface area contributed by atoms with Crippen molar-refractivity contribution in [3.05, 3.63) is 11.7 Å². The number of hydrogen-bond acceptors (Lipinski definition) is 7. The number of aromatic nitrogens is 2. The minimum Gasteiger partial charge on any atom is -0.339 e. The van der Waals surface area contributed by atoms with Crippen molar-refractivity contribution in [3.8, 4) is 0 Å². The third-order valence-electron chi connectivity index (χ3n) is 4.47. The van der Waals surface area contributed by atoms with Crippen LogP contribution in [0.4, 0.5) is 0 Å². The zero-order chi connectivity index (χ0) is 14.8. The molecule has 1 aromatic rings. The van der Waals surface area contributed by atoms with Crippen molar-refractivity contribution in [2.45, 2.75) is 24.9 Å². The molecule has 3 unspecified atom stereocenters. The summed E-state index contributed by atoms with van der Waals surface area (Å²) in [6.07, 6.45) is 0. The van der Waals surface area contributed by atoms with Gasteiger partial charge in [-0.25, -0.2) is 0 Å². The van der Waals surface area contributed by atoms with Crippen molar-refractivity contribution in [1.82, 2.24) is 25.3 Å². The van der Waals surface area contributed by atoms with Gasteiger partial charge in [0.1, 0.15) is 0 Å². The first-order valence-electron chi connectivity index (χ1n) is 7.72. The molecule has 3 heterocycles. The molecule has 0 radical (unpaired) electrons. The van der Waals surface area contributed by atoms with Crippen LogP contribution in [0.1, 0.15) is 30.6 Å². The normalized spacial score (nSPS) is 31.9. The molecular formula is C14H25N5OS. The third kappa shape index (κ3) is 3.26. The SMILES string of the molecule is CCNC1CSCC1c1nc(C2CN(C)CCN2C)no1. The van der Waals surface area contributed by atoms with E-state index in [0.29, 0.717) is 12.0 Å². The minimum atomic E-state index is 0.243. The molecule has 2 aliphatic rings. The fraction of sp³-hybridized carbons (Fsp3) is 0.857. The van der Waals surface area contributed by atoms with Gasteiger partial charge in [-0.15, -0.1) is 0 Å². The Morgan fingerprint density at radius 3 is 3.00 bits per heavy atom. The first kappa shape index (κ1) is 15.3. The summed E-state index contributed by atoms with van der Waals surface area (Å²) < 4.78 is 5.60. The van der Waals surface area contributed by atoms with E-state index in [4.69, 9.17) is 9.51 Å². The summed E-state index contributed by atoms with van der Waals surface area (Å²) in [5.41, 5.74) is 0. The molecule has 0 bridgehead atoms. The number of piperazine rings is 1. The predicted octanol–water partition coefficient (Wildman–Crippen LogP) is 0.796. The molecule has 21 heavy (non-hydrogen) atoms. The van der Waals surface area contributed by atoms with Gasteiger partial charge in [-0.1, -0.05) is 12.1 Å². The van der Waals surface area contributed by atoms with Crippen LogP contribution >= 0.6 is 11.8 Å². The Kier molecular flexibility index (Phi) is 4.83. The molecule has 3 rings (SSSR count). The standard InChI is InChI=1S/C14H25N5OS/c1-4-15-11-9-21-8-10(11)14-16-13(17-20-14)12-7-18(2)5-6-19(12)3/h10-12,15H,4-9H2,1-3H3. The zero-order valence-electron chi connectivity index (χ0n) is 13.1. The molecule has 2 fully saturated rings. The molecule has 3 atom stereocenters. The molecule has 0 spiro atoms. The van der Waals surface area contributed by atoms with Crippen LogP contribution in [0.25, 0.3) is 0 Å². The van der Waals surface area contributed by atoms with Crippen LogP contribution in [0, 0.1) is 0 Å². The van der Waals surface area contributed by atoms with Crippen LogP contribution in [0.3, 0.4) is 0 Å². The molecule has 0 aliphatic carbocycles. The fourth-order valence-corrected chi connectivity index (χ4v) is 4.45. The van der Waals surface area contributed by atoms with Gasteiger partial charge in [-0.3, -0.25) is 4.90 Å².